The Kier molecular flexibility index (Phi) is 6.53. The predicted octanol–water partition coefficient (Wildman–Crippen LogP) is 2.69. The Morgan fingerprint density at radius 2 is 1.92 bits per heavy atom. The van der Waals surface area contributed by atoms with Gasteiger partial charge in [-0.15, -0.1) is 12.4 Å². The molecule has 2 aliphatic carbocycles. The summed E-state index contributed by atoms with van der Waals surface area (Å²) in [7, 11) is -3.53. The molecule has 5 nitrogen and oxygen atoms in total. The van der Waals surface area contributed by atoms with E-state index < -0.39 is 10.0 Å². The number of rotatable bonds is 5. The van der Waals surface area contributed by atoms with Crippen LogP contribution in [0.5, 0.6) is 5.75 Å². The number of hydrogen-bond donors (Lipinski definition) is 2. The van der Waals surface area contributed by atoms with Gasteiger partial charge < -0.3 is 10.5 Å². The second-order valence-corrected chi connectivity index (χ2v) is 8.45. The van der Waals surface area contributed by atoms with Crippen molar-refractivity contribution in [1.82, 2.24) is 4.72 Å². The minimum atomic E-state index is -3.53. The van der Waals surface area contributed by atoms with E-state index in [1.165, 1.54) is 6.42 Å². The molecule has 2 fully saturated rings. The first-order valence-electron chi connectivity index (χ1n) is 8.50. The number of nitrogens with two attached hydrogens (primary N) is 1. The molecule has 2 unspecified atom stereocenters. The SMILES string of the molecule is CCOc1cccc(S(=O)(=O)NC2C3CCCC2CC(N)C3)c1.Cl. The van der Waals surface area contributed by atoms with Crippen LogP contribution in [-0.2, 0) is 10.0 Å². The fourth-order valence-corrected chi connectivity index (χ4v) is 5.53. The van der Waals surface area contributed by atoms with E-state index in [0.29, 0.717) is 24.2 Å². The predicted molar refractivity (Wildman–Crippen MR) is 97.0 cm³/mol. The quantitative estimate of drug-likeness (QED) is 0.830. The molecule has 0 amide bonds. The third-order valence-corrected chi connectivity index (χ3v) is 6.55. The van der Waals surface area contributed by atoms with Crippen LogP contribution in [0.1, 0.15) is 39.0 Å². The Bertz CT molecular complexity index is 639. The molecule has 2 saturated carbocycles. The van der Waals surface area contributed by atoms with E-state index in [-0.39, 0.29) is 29.4 Å². The third kappa shape index (κ3) is 4.23. The minimum Gasteiger partial charge on any atom is -0.494 e. The molecular formula is C17H27ClN2O3S. The maximum Gasteiger partial charge on any atom is 0.240 e. The Balaban J connectivity index is 0.00000208. The van der Waals surface area contributed by atoms with Crippen LogP contribution in [0.2, 0.25) is 0 Å². The zero-order valence-corrected chi connectivity index (χ0v) is 15.6. The molecule has 0 aromatic heterocycles. The maximum absolute atomic E-state index is 12.8. The lowest BCUT2D eigenvalue weighted by molar-refractivity contribution is 0.125. The highest BCUT2D eigenvalue weighted by Gasteiger charge is 2.41. The van der Waals surface area contributed by atoms with E-state index in [2.05, 4.69) is 4.72 Å². The average Bonchev–Trinajstić information content (AvgIpc) is 2.49. The standard InChI is InChI=1S/C17H26N2O3S.ClH/c1-2-22-15-7-4-8-16(11-15)23(20,21)19-17-12-5-3-6-13(17)10-14(18)9-12;/h4,7-8,11-14,17,19H,2-3,5-6,9-10,18H2,1H3;1H. The van der Waals surface area contributed by atoms with E-state index >= 15 is 0 Å². The first-order valence-corrected chi connectivity index (χ1v) is 9.98. The van der Waals surface area contributed by atoms with Gasteiger partial charge in [0.25, 0.3) is 0 Å². The van der Waals surface area contributed by atoms with Crippen molar-refractivity contribution < 1.29 is 13.2 Å². The molecule has 1 aromatic rings. The zero-order chi connectivity index (χ0) is 16.4. The second kappa shape index (κ2) is 8.04. The average molecular weight is 375 g/mol. The largest absolute Gasteiger partial charge is 0.494 e. The number of nitrogens with one attached hydrogen (secondary N) is 1. The highest BCUT2D eigenvalue weighted by atomic mass is 35.5. The lowest BCUT2D eigenvalue weighted by Gasteiger charge is -2.45. The summed E-state index contributed by atoms with van der Waals surface area (Å²) in [4.78, 5) is 0.274. The summed E-state index contributed by atoms with van der Waals surface area (Å²) >= 11 is 0. The smallest absolute Gasteiger partial charge is 0.240 e. The van der Waals surface area contributed by atoms with Crippen molar-refractivity contribution in [1.29, 1.82) is 0 Å². The van der Waals surface area contributed by atoms with Gasteiger partial charge >= 0.3 is 0 Å². The lowest BCUT2D eigenvalue weighted by Crippen LogP contribution is -2.53. The number of fused-ring (bicyclic) bond motifs is 2. The van der Waals surface area contributed by atoms with Crippen LogP contribution in [0, 0.1) is 11.8 Å². The van der Waals surface area contributed by atoms with Gasteiger partial charge in [0.05, 0.1) is 11.5 Å². The Morgan fingerprint density at radius 3 is 2.54 bits per heavy atom. The molecule has 3 rings (SSSR count). The Morgan fingerprint density at radius 1 is 1.25 bits per heavy atom. The molecule has 1 aromatic carbocycles. The maximum atomic E-state index is 12.8. The van der Waals surface area contributed by atoms with Gasteiger partial charge in [0, 0.05) is 18.2 Å². The molecule has 0 heterocycles. The summed E-state index contributed by atoms with van der Waals surface area (Å²) in [5.74, 6) is 1.31. The normalized spacial score (nSPS) is 29.6. The molecule has 136 valence electrons. The van der Waals surface area contributed by atoms with E-state index in [1.54, 1.807) is 24.3 Å². The monoisotopic (exact) mass is 374 g/mol. The van der Waals surface area contributed by atoms with Gasteiger partial charge in [-0.2, -0.15) is 0 Å². The highest BCUT2D eigenvalue weighted by Crippen LogP contribution is 2.40. The number of sulfonamides is 1. The first kappa shape index (κ1) is 19.5. The minimum absolute atomic E-state index is 0. The molecule has 24 heavy (non-hydrogen) atoms. The second-order valence-electron chi connectivity index (χ2n) is 6.74. The molecule has 2 bridgehead atoms. The van der Waals surface area contributed by atoms with Gasteiger partial charge in [0.15, 0.2) is 0 Å². The van der Waals surface area contributed by atoms with Gasteiger partial charge in [-0.3, -0.25) is 0 Å². The number of hydrogen-bond acceptors (Lipinski definition) is 4. The summed E-state index contributed by atoms with van der Waals surface area (Å²) in [6.07, 6.45) is 5.15. The van der Waals surface area contributed by atoms with Gasteiger partial charge in [-0.05, 0) is 56.6 Å². The molecule has 0 saturated heterocycles. The number of benzene rings is 1. The lowest BCUT2D eigenvalue weighted by atomic mass is 9.67. The Labute approximate surface area is 150 Å². The van der Waals surface area contributed by atoms with Crippen molar-refractivity contribution in [2.75, 3.05) is 6.61 Å². The molecule has 3 N–H and O–H groups in total. The summed E-state index contributed by atoms with van der Waals surface area (Å²) in [5.41, 5.74) is 6.12. The van der Waals surface area contributed by atoms with Crippen molar-refractivity contribution in [3.05, 3.63) is 24.3 Å². The van der Waals surface area contributed by atoms with Crippen molar-refractivity contribution in [3.63, 3.8) is 0 Å². The van der Waals surface area contributed by atoms with Crippen molar-refractivity contribution in [2.24, 2.45) is 17.6 Å². The van der Waals surface area contributed by atoms with Gasteiger partial charge in [-0.25, -0.2) is 13.1 Å². The fraction of sp³-hybridized carbons (Fsp3) is 0.647. The van der Waals surface area contributed by atoms with E-state index in [9.17, 15) is 8.42 Å². The molecule has 0 radical (unpaired) electrons. The van der Waals surface area contributed by atoms with E-state index in [1.807, 2.05) is 6.92 Å². The molecule has 7 heteroatoms. The zero-order valence-electron chi connectivity index (χ0n) is 14.0. The molecule has 0 spiro atoms. The molecular weight excluding hydrogens is 348 g/mol. The topological polar surface area (TPSA) is 81.4 Å². The Hall–Kier alpha value is -0.820. The van der Waals surface area contributed by atoms with Crippen molar-refractivity contribution >= 4 is 22.4 Å². The molecule has 0 aliphatic heterocycles. The van der Waals surface area contributed by atoms with E-state index in [0.717, 1.165) is 25.7 Å². The molecule has 2 atom stereocenters. The van der Waals surface area contributed by atoms with Crippen molar-refractivity contribution in [2.45, 2.75) is 56.0 Å². The van der Waals surface area contributed by atoms with Crippen molar-refractivity contribution in [3.8, 4) is 5.75 Å². The van der Waals surface area contributed by atoms with Crippen LogP contribution in [0.25, 0.3) is 0 Å². The first-order chi connectivity index (χ1) is 11.0. The summed E-state index contributed by atoms with van der Waals surface area (Å²) in [5, 5.41) is 0. The summed E-state index contributed by atoms with van der Waals surface area (Å²) < 4.78 is 33.9. The highest BCUT2D eigenvalue weighted by molar-refractivity contribution is 7.89. The van der Waals surface area contributed by atoms with Crippen LogP contribution < -0.4 is 15.2 Å². The number of halogens is 1. The van der Waals surface area contributed by atoms with Crippen LogP contribution in [0.3, 0.4) is 0 Å². The molecule has 2 aliphatic rings. The summed E-state index contributed by atoms with van der Waals surface area (Å²) in [6, 6.07) is 6.94. The van der Waals surface area contributed by atoms with Crippen LogP contribution in [0.4, 0.5) is 0 Å². The third-order valence-electron chi connectivity index (χ3n) is 5.09. The number of ether oxygens (including phenoxy) is 1. The summed E-state index contributed by atoms with van der Waals surface area (Å²) in [6.45, 7) is 2.40. The van der Waals surface area contributed by atoms with Gasteiger partial charge in [0.1, 0.15) is 5.75 Å². The van der Waals surface area contributed by atoms with Crippen LogP contribution in [0.15, 0.2) is 29.2 Å². The van der Waals surface area contributed by atoms with Crippen LogP contribution >= 0.6 is 12.4 Å². The van der Waals surface area contributed by atoms with Gasteiger partial charge in [-0.1, -0.05) is 12.5 Å². The van der Waals surface area contributed by atoms with E-state index in [4.69, 9.17) is 10.5 Å². The van der Waals surface area contributed by atoms with Gasteiger partial charge in [0.2, 0.25) is 10.0 Å². The van der Waals surface area contributed by atoms with Crippen LogP contribution in [-0.4, -0.2) is 27.1 Å². The fourth-order valence-electron chi connectivity index (χ4n) is 4.13.